The van der Waals surface area contributed by atoms with Crippen LogP contribution in [-0.2, 0) is 6.54 Å². The van der Waals surface area contributed by atoms with Gasteiger partial charge < -0.3 is 15.4 Å². The van der Waals surface area contributed by atoms with Crippen molar-refractivity contribution in [3.8, 4) is 5.88 Å². The minimum Gasteiger partial charge on any atom is -0.472 e. The molecular weight excluding hydrogens is 379 g/mol. The maximum Gasteiger partial charge on any atom is 0.214 e. The molecule has 1 aliphatic rings. The molecule has 2 rings (SSSR count). The second-order valence-corrected chi connectivity index (χ2v) is 6.20. The zero-order valence-corrected chi connectivity index (χ0v) is 15.5. The van der Waals surface area contributed by atoms with Gasteiger partial charge in [0.25, 0.3) is 0 Å². The molecule has 1 fully saturated rings. The van der Waals surface area contributed by atoms with E-state index in [2.05, 4.69) is 9.98 Å². The monoisotopic (exact) mass is 404 g/mol. The average Bonchev–Trinajstić information content (AvgIpc) is 3.17. The van der Waals surface area contributed by atoms with Gasteiger partial charge in [0.1, 0.15) is 5.60 Å². The Hall–Kier alpha value is -1.05. The second-order valence-electron chi connectivity index (χ2n) is 6.20. The van der Waals surface area contributed by atoms with Gasteiger partial charge in [-0.3, -0.25) is 0 Å². The molecule has 1 heterocycles. The number of nitrogens with zero attached hydrogens (tertiary/aromatic N) is 3. The minimum absolute atomic E-state index is 0. The zero-order valence-electron chi connectivity index (χ0n) is 13.2. The third-order valence-corrected chi connectivity index (χ3v) is 3.05. The Labute approximate surface area is 144 Å². The van der Waals surface area contributed by atoms with E-state index in [9.17, 15) is 0 Å². The lowest BCUT2D eigenvalue weighted by molar-refractivity contribution is 0.124. The molecule has 1 aromatic rings. The summed E-state index contributed by atoms with van der Waals surface area (Å²) in [5.41, 5.74) is 6.57. The third-order valence-electron chi connectivity index (χ3n) is 3.05. The van der Waals surface area contributed by atoms with E-state index in [-0.39, 0.29) is 29.6 Å². The summed E-state index contributed by atoms with van der Waals surface area (Å²) in [4.78, 5) is 10.9. The highest BCUT2D eigenvalue weighted by molar-refractivity contribution is 14.0. The molecule has 5 nitrogen and oxygen atoms in total. The van der Waals surface area contributed by atoms with E-state index in [0.717, 1.165) is 5.69 Å². The van der Waals surface area contributed by atoms with Gasteiger partial charge in [0.15, 0.2) is 5.96 Å². The van der Waals surface area contributed by atoms with Crippen LogP contribution < -0.4 is 10.5 Å². The lowest BCUT2D eigenvalue weighted by Crippen LogP contribution is -2.35. The van der Waals surface area contributed by atoms with Crippen LogP contribution in [0.4, 0.5) is 0 Å². The van der Waals surface area contributed by atoms with Gasteiger partial charge in [-0.05, 0) is 39.7 Å². The number of pyridine rings is 1. The van der Waals surface area contributed by atoms with Gasteiger partial charge in [-0.25, -0.2) is 9.98 Å². The number of aliphatic imine (C=N–C) groups is 1. The molecule has 0 saturated heterocycles. The maximum atomic E-state index is 5.96. The van der Waals surface area contributed by atoms with Gasteiger partial charge in [-0.1, -0.05) is 6.07 Å². The smallest absolute Gasteiger partial charge is 0.214 e. The molecule has 0 amide bonds. The van der Waals surface area contributed by atoms with Crippen molar-refractivity contribution < 1.29 is 4.74 Å². The van der Waals surface area contributed by atoms with Crippen molar-refractivity contribution >= 4 is 29.9 Å². The average molecular weight is 404 g/mol. The molecule has 0 spiro atoms. The van der Waals surface area contributed by atoms with Crippen LogP contribution in [0.25, 0.3) is 0 Å². The van der Waals surface area contributed by atoms with Crippen molar-refractivity contribution in [3.05, 3.63) is 23.9 Å². The largest absolute Gasteiger partial charge is 0.472 e. The maximum absolute atomic E-state index is 5.96. The Balaban J connectivity index is 0.00000220. The predicted octanol–water partition coefficient (Wildman–Crippen LogP) is 2.79. The number of halogens is 1. The van der Waals surface area contributed by atoms with Crippen molar-refractivity contribution in [2.45, 2.75) is 51.8 Å². The normalized spacial score (nSPS) is 15.3. The summed E-state index contributed by atoms with van der Waals surface area (Å²) in [5, 5.41) is 0. The highest BCUT2D eigenvalue weighted by Crippen LogP contribution is 2.25. The topological polar surface area (TPSA) is 63.7 Å². The molecule has 21 heavy (non-hydrogen) atoms. The number of ether oxygens (including phenoxy) is 1. The van der Waals surface area contributed by atoms with E-state index < -0.39 is 0 Å². The molecular formula is C15H25IN4O. The molecule has 118 valence electrons. The number of hydrogen-bond acceptors (Lipinski definition) is 3. The first kappa shape index (κ1) is 18.0. The molecule has 2 N–H and O–H groups in total. The van der Waals surface area contributed by atoms with E-state index >= 15 is 0 Å². The number of aromatic nitrogens is 1. The lowest BCUT2D eigenvalue weighted by atomic mass is 10.2. The molecule has 1 saturated carbocycles. The van der Waals surface area contributed by atoms with Gasteiger partial charge >= 0.3 is 0 Å². The summed E-state index contributed by atoms with van der Waals surface area (Å²) in [6.45, 7) is 6.48. The van der Waals surface area contributed by atoms with Crippen molar-refractivity contribution in [2.24, 2.45) is 10.7 Å². The molecule has 1 aliphatic carbocycles. The van der Waals surface area contributed by atoms with Crippen LogP contribution in [0.5, 0.6) is 5.88 Å². The molecule has 6 heteroatoms. The van der Waals surface area contributed by atoms with E-state index in [1.807, 2.05) is 50.9 Å². The fraction of sp³-hybridized carbons (Fsp3) is 0.600. The standard InChI is InChI=1S/C15H24N4O.HI/c1-15(2,3)20-13-7-5-6-11(18-13)10-17-14(16)19(4)12-8-9-12;/h5-7,12H,8-10H2,1-4H3,(H2,16,17);1H. The zero-order chi connectivity index (χ0) is 14.8. The van der Waals surface area contributed by atoms with Crippen LogP contribution in [0.15, 0.2) is 23.2 Å². The van der Waals surface area contributed by atoms with Gasteiger partial charge in [-0.2, -0.15) is 0 Å². The van der Waals surface area contributed by atoms with Gasteiger partial charge in [0.2, 0.25) is 5.88 Å². The highest BCUT2D eigenvalue weighted by atomic mass is 127. The number of guanidine groups is 1. The fourth-order valence-corrected chi connectivity index (χ4v) is 1.84. The van der Waals surface area contributed by atoms with E-state index in [1.165, 1.54) is 12.8 Å². The van der Waals surface area contributed by atoms with Crippen LogP contribution in [0.1, 0.15) is 39.3 Å². The Morgan fingerprint density at radius 3 is 2.67 bits per heavy atom. The van der Waals surface area contributed by atoms with Crippen molar-refractivity contribution in [2.75, 3.05) is 7.05 Å². The van der Waals surface area contributed by atoms with Crippen LogP contribution in [-0.4, -0.2) is 34.5 Å². The van der Waals surface area contributed by atoms with Crippen LogP contribution in [0, 0.1) is 0 Å². The van der Waals surface area contributed by atoms with Gasteiger partial charge in [0, 0.05) is 19.2 Å². The summed E-state index contributed by atoms with van der Waals surface area (Å²) >= 11 is 0. The van der Waals surface area contributed by atoms with Gasteiger partial charge in [0.05, 0.1) is 12.2 Å². The first-order chi connectivity index (χ1) is 9.35. The molecule has 0 radical (unpaired) electrons. The van der Waals surface area contributed by atoms with Crippen LogP contribution in [0.2, 0.25) is 0 Å². The van der Waals surface area contributed by atoms with Gasteiger partial charge in [-0.15, -0.1) is 24.0 Å². The van der Waals surface area contributed by atoms with E-state index in [1.54, 1.807) is 0 Å². The minimum atomic E-state index is -0.250. The first-order valence-electron chi connectivity index (χ1n) is 7.03. The Kier molecular flexibility index (Phi) is 6.24. The molecule has 0 aliphatic heterocycles. The molecule has 0 aromatic carbocycles. The molecule has 0 unspecified atom stereocenters. The Morgan fingerprint density at radius 1 is 1.43 bits per heavy atom. The van der Waals surface area contributed by atoms with Crippen LogP contribution >= 0.6 is 24.0 Å². The van der Waals surface area contributed by atoms with E-state index in [4.69, 9.17) is 10.5 Å². The lowest BCUT2D eigenvalue weighted by Gasteiger charge is -2.20. The molecule has 0 bridgehead atoms. The van der Waals surface area contributed by atoms with Crippen molar-refractivity contribution in [1.29, 1.82) is 0 Å². The summed E-state index contributed by atoms with van der Waals surface area (Å²) in [7, 11) is 1.99. The summed E-state index contributed by atoms with van der Waals surface area (Å²) in [6, 6.07) is 6.30. The quantitative estimate of drug-likeness (QED) is 0.476. The SMILES string of the molecule is CN(C(N)=NCc1cccc(OC(C)(C)C)n1)C1CC1.I. The summed E-state index contributed by atoms with van der Waals surface area (Å²) < 4.78 is 5.74. The van der Waals surface area contributed by atoms with Crippen molar-refractivity contribution in [3.63, 3.8) is 0 Å². The summed E-state index contributed by atoms with van der Waals surface area (Å²) in [5.74, 6) is 1.20. The predicted molar refractivity (Wildman–Crippen MR) is 96.1 cm³/mol. The summed E-state index contributed by atoms with van der Waals surface area (Å²) in [6.07, 6.45) is 2.42. The van der Waals surface area contributed by atoms with Crippen molar-refractivity contribution in [1.82, 2.24) is 9.88 Å². The molecule has 0 atom stereocenters. The molecule has 1 aromatic heterocycles. The van der Waals surface area contributed by atoms with E-state index in [0.29, 0.717) is 24.4 Å². The Bertz CT molecular complexity index is 495. The second kappa shape index (κ2) is 7.29. The highest BCUT2D eigenvalue weighted by Gasteiger charge is 2.27. The first-order valence-corrected chi connectivity index (χ1v) is 7.03. The third kappa shape index (κ3) is 6.07. The Morgan fingerprint density at radius 2 is 2.10 bits per heavy atom. The number of hydrogen-bond donors (Lipinski definition) is 1. The number of nitrogens with two attached hydrogens (primary N) is 1. The number of rotatable bonds is 4. The van der Waals surface area contributed by atoms with Crippen LogP contribution in [0.3, 0.4) is 0 Å². The fourth-order valence-electron chi connectivity index (χ4n) is 1.84.